The molecule has 98 valence electrons. The summed E-state index contributed by atoms with van der Waals surface area (Å²) in [4.78, 5) is 7.06. The minimum absolute atomic E-state index is 0.000208. The van der Waals surface area contributed by atoms with Crippen LogP contribution in [0.4, 0.5) is 0 Å². The molecule has 0 saturated carbocycles. The molecule has 1 unspecified atom stereocenters. The third-order valence-corrected chi connectivity index (χ3v) is 4.01. The van der Waals surface area contributed by atoms with E-state index in [1.54, 1.807) is 0 Å². The van der Waals surface area contributed by atoms with E-state index in [9.17, 15) is 0 Å². The van der Waals surface area contributed by atoms with Gasteiger partial charge in [0, 0.05) is 12.9 Å². The lowest BCUT2D eigenvalue weighted by Gasteiger charge is -2.20. The van der Waals surface area contributed by atoms with Crippen molar-refractivity contribution in [3.63, 3.8) is 0 Å². The molecule has 1 aromatic heterocycles. The number of aryl methyl sites for hydroxylation is 1. The number of hydrogen-bond acceptors (Lipinski definition) is 3. The fourth-order valence-corrected chi connectivity index (χ4v) is 2.48. The first kappa shape index (κ1) is 13.8. The highest BCUT2D eigenvalue weighted by atomic mass is 35.5. The molecule has 0 N–H and O–H groups in total. The predicted octanol–water partition coefficient (Wildman–Crippen LogP) is 3.04. The molecule has 0 radical (unpaired) electrons. The van der Waals surface area contributed by atoms with Gasteiger partial charge in [-0.25, -0.2) is 4.98 Å². The fraction of sp³-hybridized carbons (Fsp3) is 0.500. The van der Waals surface area contributed by atoms with Crippen molar-refractivity contribution in [3.05, 3.63) is 22.3 Å². The van der Waals surface area contributed by atoms with Crippen LogP contribution >= 0.6 is 35.4 Å². The van der Waals surface area contributed by atoms with E-state index in [-0.39, 0.29) is 6.10 Å². The Labute approximate surface area is 122 Å². The standard InChI is InChI=1S/C12H14Cl2N2OS/c1-7-10(14)5-9-11(15-7)17-8(3-4-13)6-16(2)12(9)18/h5,8H,3-4,6H2,1-2H3. The molecule has 1 aromatic rings. The van der Waals surface area contributed by atoms with Gasteiger partial charge in [0.2, 0.25) is 5.88 Å². The van der Waals surface area contributed by atoms with Gasteiger partial charge in [-0.05, 0) is 19.4 Å². The number of halogens is 2. The Morgan fingerprint density at radius 3 is 3.00 bits per heavy atom. The van der Waals surface area contributed by atoms with Crippen molar-refractivity contribution in [2.75, 3.05) is 19.5 Å². The second-order valence-electron chi connectivity index (χ2n) is 4.31. The second kappa shape index (κ2) is 5.59. The summed E-state index contributed by atoms with van der Waals surface area (Å²) in [5.74, 6) is 1.11. The third kappa shape index (κ3) is 2.71. The van der Waals surface area contributed by atoms with Gasteiger partial charge >= 0.3 is 0 Å². The lowest BCUT2D eigenvalue weighted by Crippen LogP contribution is -2.33. The number of nitrogens with zero attached hydrogens (tertiary/aromatic N) is 2. The summed E-state index contributed by atoms with van der Waals surface area (Å²) < 4.78 is 5.89. The van der Waals surface area contributed by atoms with Gasteiger partial charge in [-0.3, -0.25) is 0 Å². The number of ether oxygens (including phenoxy) is 1. The van der Waals surface area contributed by atoms with E-state index >= 15 is 0 Å². The van der Waals surface area contributed by atoms with E-state index in [0.29, 0.717) is 28.3 Å². The van der Waals surface area contributed by atoms with Gasteiger partial charge in [0.15, 0.2) is 0 Å². The quantitative estimate of drug-likeness (QED) is 0.619. The summed E-state index contributed by atoms with van der Waals surface area (Å²) in [7, 11) is 1.94. The highest BCUT2D eigenvalue weighted by Gasteiger charge is 2.25. The maximum atomic E-state index is 6.09. The van der Waals surface area contributed by atoms with Gasteiger partial charge in [0.25, 0.3) is 0 Å². The normalized spacial score (nSPS) is 19.2. The number of fused-ring (bicyclic) bond motifs is 1. The van der Waals surface area contributed by atoms with Crippen LogP contribution in [0.25, 0.3) is 0 Å². The van der Waals surface area contributed by atoms with Crippen LogP contribution < -0.4 is 4.74 Å². The molecule has 2 heterocycles. The number of likely N-dealkylation sites (N-methyl/N-ethyl adjacent to an activating group) is 1. The zero-order valence-electron chi connectivity index (χ0n) is 10.2. The molecule has 2 rings (SSSR count). The Hall–Kier alpha value is -0.580. The summed E-state index contributed by atoms with van der Waals surface area (Å²) in [6, 6.07) is 1.82. The molecular formula is C12H14Cl2N2OS. The van der Waals surface area contributed by atoms with Crippen molar-refractivity contribution < 1.29 is 4.74 Å². The van der Waals surface area contributed by atoms with Crippen LogP contribution in [0.5, 0.6) is 5.88 Å². The molecular weight excluding hydrogens is 291 g/mol. The summed E-state index contributed by atoms with van der Waals surface area (Å²) in [6.45, 7) is 2.55. The largest absolute Gasteiger partial charge is 0.472 e. The monoisotopic (exact) mass is 304 g/mol. The number of pyridine rings is 1. The minimum Gasteiger partial charge on any atom is -0.472 e. The lowest BCUT2D eigenvalue weighted by molar-refractivity contribution is 0.172. The third-order valence-electron chi connectivity index (χ3n) is 2.88. The van der Waals surface area contributed by atoms with Gasteiger partial charge in [-0.2, -0.15) is 0 Å². The van der Waals surface area contributed by atoms with Gasteiger partial charge < -0.3 is 9.64 Å². The van der Waals surface area contributed by atoms with Crippen molar-refractivity contribution in [3.8, 4) is 5.88 Å². The van der Waals surface area contributed by atoms with Crippen molar-refractivity contribution in [2.45, 2.75) is 19.4 Å². The first-order valence-electron chi connectivity index (χ1n) is 5.68. The Bertz CT molecular complexity index is 481. The average Bonchev–Trinajstić information content (AvgIpc) is 2.41. The maximum Gasteiger partial charge on any atom is 0.224 e. The zero-order valence-corrected chi connectivity index (χ0v) is 12.6. The van der Waals surface area contributed by atoms with Crippen LogP contribution in [0.2, 0.25) is 5.02 Å². The predicted molar refractivity (Wildman–Crippen MR) is 78.1 cm³/mol. The van der Waals surface area contributed by atoms with Crippen molar-refractivity contribution >= 4 is 40.4 Å². The minimum atomic E-state index is -0.000208. The number of hydrogen-bond donors (Lipinski definition) is 0. The van der Waals surface area contributed by atoms with Crippen molar-refractivity contribution in [2.24, 2.45) is 0 Å². The van der Waals surface area contributed by atoms with E-state index in [1.807, 2.05) is 24.9 Å². The Morgan fingerprint density at radius 2 is 2.33 bits per heavy atom. The molecule has 1 atom stereocenters. The Balaban J connectivity index is 2.43. The molecule has 1 aliphatic heterocycles. The molecule has 18 heavy (non-hydrogen) atoms. The number of rotatable bonds is 2. The van der Waals surface area contributed by atoms with Crippen LogP contribution in [0.1, 0.15) is 17.7 Å². The molecule has 3 nitrogen and oxygen atoms in total. The number of aromatic nitrogens is 1. The van der Waals surface area contributed by atoms with Gasteiger partial charge in [-0.15, -0.1) is 11.6 Å². The van der Waals surface area contributed by atoms with Crippen LogP contribution in [0, 0.1) is 6.92 Å². The number of thiocarbonyl (C=S) groups is 1. The molecule has 0 amide bonds. The Kier molecular flexibility index (Phi) is 4.30. The molecule has 0 bridgehead atoms. The molecule has 0 aromatic carbocycles. The van der Waals surface area contributed by atoms with E-state index in [0.717, 1.165) is 17.7 Å². The van der Waals surface area contributed by atoms with Gasteiger partial charge in [0.1, 0.15) is 11.1 Å². The first-order chi connectivity index (χ1) is 8.52. The molecule has 0 spiro atoms. The van der Waals surface area contributed by atoms with Crippen LogP contribution in [0.15, 0.2) is 6.07 Å². The van der Waals surface area contributed by atoms with Crippen LogP contribution in [0.3, 0.4) is 0 Å². The lowest BCUT2D eigenvalue weighted by atomic mass is 10.2. The van der Waals surface area contributed by atoms with Gasteiger partial charge in [-0.1, -0.05) is 23.8 Å². The average molecular weight is 305 g/mol. The van der Waals surface area contributed by atoms with Crippen molar-refractivity contribution in [1.29, 1.82) is 0 Å². The summed E-state index contributed by atoms with van der Waals surface area (Å²) in [5, 5.41) is 0.601. The number of alkyl halides is 1. The summed E-state index contributed by atoms with van der Waals surface area (Å²) in [5.41, 5.74) is 1.52. The first-order valence-corrected chi connectivity index (χ1v) is 7.00. The summed E-state index contributed by atoms with van der Waals surface area (Å²) in [6.07, 6.45) is 0.761. The highest BCUT2D eigenvalue weighted by Crippen LogP contribution is 2.28. The van der Waals surface area contributed by atoms with Crippen LogP contribution in [-0.2, 0) is 0 Å². The maximum absolute atomic E-state index is 6.09. The fourth-order valence-electron chi connectivity index (χ4n) is 1.86. The smallest absolute Gasteiger partial charge is 0.224 e. The van der Waals surface area contributed by atoms with Crippen molar-refractivity contribution in [1.82, 2.24) is 9.88 Å². The highest BCUT2D eigenvalue weighted by molar-refractivity contribution is 7.80. The molecule has 1 aliphatic rings. The topological polar surface area (TPSA) is 25.4 Å². The molecule has 0 aliphatic carbocycles. The molecule has 0 fully saturated rings. The zero-order chi connectivity index (χ0) is 13.3. The summed E-state index contributed by atoms with van der Waals surface area (Å²) >= 11 is 17.3. The van der Waals surface area contributed by atoms with Gasteiger partial charge in [0.05, 0.1) is 22.8 Å². The SMILES string of the molecule is Cc1nc2c(cc1Cl)C(=S)N(C)CC(CCCl)O2. The molecule has 0 saturated heterocycles. The van der Waals surface area contributed by atoms with E-state index in [2.05, 4.69) is 4.98 Å². The second-order valence-corrected chi connectivity index (χ2v) is 5.48. The van der Waals surface area contributed by atoms with E-state index in [4.69, 9.17) is 40.2 Å². The van der Waals surface area contributed by atoms with Crippen LogP contribution in [-0.4, -0.2) is 40.4 Å². The molecule has 6 heteroatoms. The van der Waals surface area contributed by atoms with E-state index in [1.165, 1.54) is 0 Å². The Morgan fingerprint density at radius 1 is 1.61 bits per heavy atom. The van der Waals surface area contributed by atoms with E-state index < -0.39 is 0 Å².